The second-order valence-corrected chi connectivity index (χ2v) is 8.89. The van der Waals surface area contributed by atoms with Gasteiger partial charge in [-0.3, -0.25) is 9.69 Å². The number of hydrogen-bond donors (Lipinski definition) is 1. The molecule has 1 aliphatic carbocycles. The van der Waals surface area contributed by atoms with Crippen LogP contribution in [0, 0.1) is 5.92 Å². The van der Waals surface area contributed by atoms with Crippen molar-refractivity contribution in [2.45, 2.75) is 44.7 Å². The lowest BCUT2D eigenvalue weighted by Gasteiger charge is -2.34. The van der Waals surface area contributed by atoms with E-state index in [1.807, 2.05) is 30.3 Å². The molecule has 1 heterocycles. The molecule has 0 unspecified atom stereocenters. The molecule has 156 valence electrons. The molecule has 1 fully saturated rings. The summed E-state index contributed by atoms with van der Waals surface area (Å²) in [6.07, 6.45) is 4.27. The maximum absolute atomic E-state index is 10.9. The lowest BCUT2D eigenvalue weighted by Crippen LogP contribution is -2.35. The van der Waals surface area contributed by atoms with Gasteiger partial charge >= 0.3 is 5.97 Å². The van der Waals surface area contributed by atoms with Gasteiger partial charge < -0.3 is 9.84 Å². The Kier molecular flexibility index (Phi) is 7.55. The maximum Gasteiger partial charge on any atom is 0.303 e. The zero-order chi connectivity index (χ0) is 21.0. The number of aromatic nitrogens is 1. The minimum Gasteiger partial charge on any atom is -0.481 e. The Morgan fingerprint density at radius 2 is 2.00 bits per heavy atom. The Bertz CT molecular complexity index is 869. The number of ether oxygens (including phenoxy) is 1. The highest BCUT2D eigenvalue weighted by atomic mass is 79.9. The van der Waals surface area contributed by atoms with E-state index in [9.17, 15) is 4.79 Å². The van der Waals surface area contributed by atoms with E-state index in [1.54, 1.807) is 7.11 Å². The number of carbonyl (C=O) groups is 1. The summed E-state index contributed by atoms with van der Waals surface area (Å²) in [5.41, 5.74) is 2.65. The summed E-state index contributed by atoms with van der Waals surface area (Å²) >= 11 is 9.88. The molecule has 29 heavy (non-hydrogen) atoms. The Hall–Kier alpha value is -1.63. The highest BCUT2D eigenvalue weighted by Crippen LogP contribution is 2.35. The van der Waals surface area contributed by atoms with Crippen LogP contribution in [-0.4, -0.2) is 41.2 Å². The Labute approximate surface area is 185 Å². The highest BCUT2D eigenvalue weighted by molar-refractivity contribution is 9.10. The van der Waals surface area contributed by atoms with Gasteiger partial charge in [0.1, 0.15) is 0 Å². The van der Waals surface area contributed by atoms with Gasteiger partial charge in [0.15, 0.2) is 0 Å². The SMILES string of the molecule is COc1nc(-c2cccc(Br)c2Cl)ccc1CN(C)[C@H]1CC[C@H](CC(=O)O)CC1. The topological polar surface area (TPSA) is 62.7 Å². The predicted molar refractivity (Wildman–Crippen MR) is 118 cm³/mol. The quantitative estimate of drug-likeness (QED) is 0.554. The Morgan fingerprint density at radius 3 is 2.66 bits per heavy atom. The molecule has 1 aromatic carbocycles. The fourth-order valence-electron chi connectivity index (χ4n) is 4.05. The van der Waals surface area contributed by atoms with Crippen LogP contribution >= 0.6 is 27.5 Å². The van der Waals surface area contributed by atoms with E-state index in [0.717, 1.165) is 53.5 Å². The van der Waals surface area contributed by atoms with Crippen LogP contribution in [0.3, 0.4) is 0 Å². The van der Waals surface area contributed by atoms with Crippen LogP contribution in [0.4, 0.5) is 0 Å². The van der Waals surface area contributed by atoms with Gasteiger partial charge in [-0.25, -0.2) is 4.98 Å². The Morgan fingerprint density at radius 1 is 1.28 bits per heavy atom. The molecule has 0 amide bonds. The van der Waals surface area contributed by atoms with E-state index in [1.165, 1.54) is 0 Å². The zero-order valence-electron chi connectivity index (χ0n) is 16.7. The molecule has 1 aliphatic rings. The average Bonchev–Trinajstić information content (AvgIpc) is 2.70. The average molecular weight is 482 g/mol. The first-order chi connectivity index (χ1) is 13.9. The van der Waals surface area contributed by atoms with Gasteiger partial charge in [0, 0.05) is 34.6 Å². The van der Waals surface area contributed by atoms with Gasteiger partial charge in [-0.15, -0.1) is 0 Å². The van der Waals surface area contributed by atoms with Gasteiger partial charge in [0.2, 0.25) is 5.88 Å². The Balaban J connectivity index is 1.70. The van der Waals surface area contributed by atoms with E-state index < -0.39 is 5.97 Å². The summed E-state index contributed by atoms with van der Waals surface area (Å²) in [6, 6.07) is 10.2. The van der Waals surface area contributed by atoms with E-state index in [2.05, 4.69) is 32.9 Å². The molecule has 3 rings (SSSR count). The molecule has 0 saturated heterocycles. The number of hydrogen-bond acceptors (Lipinski definition) is 4. The summed E-state index contributed by atoms with van der Waals surface area (Å²) in [7, 11) is 3.75. The van der Waals surface area contributed by atoms with Crippen LogP contribution in [0.15, 0.2) is 34.8 Å². The first kappa shape index (κ1) is 22.1. The van der Waals surface area contributed by atoms with Crippen molar-refractivity contribution in [1.29, 1.82) is 0 Å². The third-order valence-electron chi connectivity index (χ3n) is 5.68. The molecule has 2 aromatic rings. The minimum atomic E-state index is -0.691. The van der Waals surface area contributed by atoms with Crippen molar-refractivity contribution < 1.29 is 14.6 Å². The lowest BCUT2D eigenvalue weighted by atomic mass is 9.83. The molecular formula is C22H26BrClN2O3. The van der Waals surface area contributed by atoms with Crippen molar-refractivity contribution in [2.75, 3.05) is 14.2 Å². The molecule has 0 radical (unpaired) electrons. The van der Waals surface area contributed by atoms with Crippen molar-refractivity contribution in [3.05, 3.63) is 45.4 Å². The maximum atomic E-state index is 10.9. The monoisotopic (exact) mass is 480 g/mol. The molecule has 7 heteroatoms. The molecule has 5 nitrogen and oxygen atoms in total. The summed E-state index contributed by atoms with van der Waals surface area (Å²) in [5, 5.41) is 9.62. The fraction of sp³-hybridized carbons (Fsp3) is 0.455. The van der Waals surface area contributed by atoms with Crippen molar-refractivity contribution in [3.63, 3.8) is 0 Å². The third kappa shape index (κ3) is 5.50. The van der Waals surface area contributed by atoms with Crippen molar-refractivity contribution in [1.82, 2.24) is 9.88 Å². The van der Waals surface area contributed by atoms with Crippen LogP contribution in [0.1, 0.15) is 37.7 Å². The minimum absolute atomic E-state index is 0.286. The van der Waals surface area contributed by atoms with Gasteiger partial charge in [-0.1, -0.05) is 29.8 Å². The number of nitrogens with zero attached hydrogens (tertiary/aromatic N) is 2. The summed E-state index contributed by atoms with van der Waals surface area (Å²) in [6.45, 7) is 0.733. The van der Waals surface area contributed by atoms with Gasteiger partial charge in [0.05, 0.1) is 17.8 Å². The number of carboxylic acids is 1. The van der Waals surface area contributed by atoms with E-state index >= 15 is 0 Å². The molecule has 1 aromatic heterocycles. The number of aliphatic carboxylic acids is 1. The van der Waals surface area contributed by atoms with E-state index in [4.69, 9.17) is 21.4 Å². The highest BCUT2D eigenvalue weighted by Gasteiger charge is 2.26. The van der Waals surface area contributed by atoms with E-state index in [0.29, 0.717) is 22.9 Å². The first-order valence-electron chi connectivity index (χ1n) is 9.79. The second kappa shape index (κ2) is 9.92. The number of pyridine rings is 1. The van der Waals surface area contributed by atoms with Crippen molar-refractivity contribution in [2.24, 2.45) is 5.92 Å². The summed E-state index contributed by atoms with van der Waals surface area (Å²) in [5.74, 6) is 0.218. The first-order valence-corrected chi connectivity index (χ1v) is 11.0. The van der Waals surface area contributed by atoms with Crippen LogP contribution in [0.2, 0.25) is 5.02 Å². The molecule has 1 N–H and O–H groups in total. The van der Waals surface area contributed by atoms with Crippen LogP contribution in [0.25, 0.3) is 11.3 Å². The predicted octanol–water partition coefficient (Wildman–Crippen LogP) is 5.64. The molecule has 0 atom stereocenters. The molecule has 0 aliphatic heterocycles. The van der Waals surface area contributed by atoms with E-state index in [-0.39, 0.29) is 6.42 Å². The normalized spacial score (nSPS) is 19.3. The zero-order valence-corrected chi connectivity index (χ0v) is 19.0. The number of rotatable bonds is 7. The number of carboxylic acid groups (broad SMARTS) is 1. The molecular weight excluding hydrogens is 456 g/mol. The fourth-order valence-corrected chi connectivity index (χ4v) is 4.64. The van der Waals surface area contributed by atoms with Gasteiger partial charge in [-0.2, -0.15) is 0 Å². The largest absolute Gasteiger partial charge is 0.481 e. The summed E-state index contributed by atoms with van der Waals surface area (Å²) in [4.78, 5) is 17.9. The third-order valence-corrected chi connectivity index (χ3v) is 6.98. The van der Waals surface area contributed by atoms with Gasteiger partial charge in [-0.05, 0) is 66.7 Å². The smallest absolute Gasteiger partial charge is 0.303 e. The van der Waals surface area contributed by atoms with Crippen LogP contribution in [0.5, 0.6) is 5.88 Å². The van der Waals surface area contributed by atoms with Crippen molar-refractivity contribution in [3.8, 4) is 17.1 Å². The van der Waals surface area contributed by atoms with Gasteiger partial charge in [0.25, 0.3) is 0 Å². The second-order valence-electron chi connectivity index (χ2n) is 7.65. The standard InChI is InChI=1S/C22H26BrClN2O3/c1-26(16-9-6-14(7-10-16)12-20(27)28)13-15-8-11-19(25-22(15)29-2)17-4-3-5-18(23)21(17)24/h3-5,8,11,14,16H,6-7,9-10,12-13H2,1-2H3,(H,27,28)/t14-,16-. The number of halogens is 2. The number of methoxy groups -OCH3 is 1. The summed E-state index contributed by atoms with van der Waals surface area (Å²) < 4.78 is 6.40. The number of benzene rings is 1. The molecule has 1 saturated carbocycles. The van der Waals surface area contributed by atoms with Crippen LogP contribution in [-0.2, 0) is 11.3 Å². The lowest BCUT2D eigenvalue weighted by molar-refractivity contribution is -0.138. The molecule has 0 spiro atoms. The van der Waals surface area contributed by atoms with Crippen LogP contribution < -0.4 is 4.74 Å². The molecule has 0 bridgehead atoms. The van der Waals surface area contributed by atoms with Crippen molar-refractivity contribution >= 4 is 33.5 Å².